The van der Waals surface area contributed by atoms with Crippen LogP contribution in [0.1, 0.15) is 12.0 Å². The highest BCUT2D eigenvalue weighted by atomic mass is 79.9. The van der Waals surface area contributed by atoms with Crippen LogP contribution in [0.2, 0.25) is 0 Å². The quantitative estimate of drug-likeness (QED) is 0.818. The van der Waals surface area contributed by atoms with Crippen molar-refractivity contribution in [1.29, 1.82) is 0 Å². The largest absolute Gasteiger partial charge is 0.367 e. The van der Waals surface area contributed by atoms with Crippen molar-refractivity contribution >= 4 is 54.1 Å². The van der Waals surface area contributed by atoms with E-state index in [0.29, 0.717) is 10.7 Å². The van der Waals surface area contributed by atoms with Gasteiger partial charge in [-0.05, 0) is 18.1 Å². The number of benzene rings is 1. The van der Waals surface area contributed by atoms with Gasteiger partial charge in [0.05, 0.1) is 11.5 Å². The Kier molecular flexibility index (Phi) is 5.28. The van der Waals surface area contributed by atoms with Crippen LogP contribution in [0.15, 0.2) is 28.7 Å². The number of thiocarbonyl (C=S) groups is 1. The molecule has 1 heterocycles. The van der Waals surface area contributed by atoms with Gasteiger partial charge in [-0.1, -0.05) is 58.1 Å². The van der Waals surface area contributed by atoms with Gasteiger partial charge in [-0.25, -0.2) is 8.42 Å². The van der Waals surface area contributed by atoms with Crippen LogP contribution < -0.4 is 5.32 Å². The molecule has 1 N–H and O–H groups in total. The van der Waals surface area contributed by atoms with Gasteiger partial charge in [0.15, 0.2) is 9.84 Å². The molecule has 7 heteroatoms. The van der Waals surface area contributed by atoms with Gasteiger partial charge in [0.1, 0.15) is 4.32 Å². The van der Waals surface area contributed by atoms with Crippen molar-refractivity contribution in [2.24, 2.45) is 0 Å². The maximum atomic E-state index is 11.4. The summed E-state index contributed by atoms with van der Waals surface area (Å²) in [7, 11) is -2.85. The first-order valence-electron chi connectivity index (χ1n) is 5.83. The van der Waals surface area contributed by atoms with Gasteiger partial charge in [0.25, 0.3) is 0 Å². The number of thioether (sulfide) groups is 1. The van der Waals surface area contributed by atoms with E-state index in [1.807, 2.05) is 24.3 Å². The van der Waals surface area contributed by atoms with Crippen LogP contribution in [0.3, 0.4) is 0 Å². The molecule has 1 fully saturated rings. The third-order valence-corrected chi connectivity index (χ3v) is 6.72. The van der Waals surface area contributed by atoms with E-state index in [2.05, 4.69) is 21.2 Å². The smallest absolute Gasteiger partial charge is 0.152 e. The Morgan fingerprint density at radius 1 is 1.47 bits per heavy atom. The first-order chi connectivity index (χ1) is 8.96. The zero-order chi connectivity index (χ0) is 13.9. The van der Waals surface area contributed by atoms with Crippen LogP contribution in [-0.4, -0.2) is 30.3 Å². The summed E-state index contributed by atoms with van der Waals surface area (Å²) in [6, 6.07) is 7.97. The minimum absolute atomic E-state index is 0.0239. The molecule has 0 aliphatic carbocycles. The third-order valence-electron chi connectivity index (χ3n) is 2.87. The number of sulfone groups is 1. The van der Waals surface area contributed by atoms with E-state index in [1.54, 1.807) is 0 Å². The number of nitrogens with one attached hydrogen (secondary N) is 1. The molecule has 3 nitrogen and oxygen atoms in total. The van der Waals surface area contributed by atoms with Crippen molar-refractivity contribution in [2.45, 2.75) is 18.2 Å². The second-order valence-electron chi connectivity index (χ2n) is 4.41. The molecule has 1 atom stereocenters. The summed E-state index contributed by atoms with van der Waals surface area (Å²) in [5, 5.41) is 3.12. The van der Waals surface area contributed by atoms with Gasteiger partial charge in [-0.3, -0.25) is 0 Å². The Morgan fingerprint density at radius 2 is 2.21 bits per heavy atom. The first kappa shape index (κ1) is 15.3. The Hall–Kier alpha value is -0.110. The number of rotatable bonds is 3. The molecule has 1 saturated heterocycles. The molecule has 0 amide bonds. The lowest BCUT2D eigenvalue weighted by Crippen LogP contribution is -2.32. The lowest BCUT2D eigenvalue weighted by molar-refractivity contribution is 0.600. The van der Waals surface area contributed by atoms with Crippen molar-refractivity contribution in [3.05, 3.63) is 34.3 Å². The molecular weight excluding hydrogens is 366 g/mol. The van der Waals surface area contributed by atoms with Crippen molar-refractivity contribution in [2.75, 3.05) is 11.5 Å². The summed E-state index contributed by atoms with van der Waals surface area (Å²) in [5.41, 5.74) is 1.18. The monoisotopic (exact) mass is 379 g/mol. The van der Waals surface area contributed by atoms with E-state index in [1.165, 1.54) is 17.3 Å². The molecule has 0 spiro atoms. The minimum atomic E-state index is -2.85. The Morgan fingerprint density at radius 3 is 2.84 bits per heavy atom. The highest BCUT2D eigenvalue weighted by Gasteiger charge is 2.28. The summed E-state index contributed by atoms with van der Waals surface area (Å²) >= 11 is 10.3. The molecule has 0 saturated carbocycles. The molecule has 19 heavy (non-hydrogen) atoms. The van der Waals surface area contributed by atoms with Crippen molar-refractivity contribution in [1.82, 2.24) is 5.32 Å². The second kappa shape index (κ2) is 6.56. The van der Waals surface area contributed by atoms with Crippen LogP contribution in [0.25, 0.3) is 0 Å². The predicted octanol–water partition coefficient (Wildman–Crippen LogP) is 2.74. The van der Waals surface area contributed by atoms with Crippen LogP contribution in [0.4, 0.5) is 0 Å². The molecule has 0 bridgehead atoms. The fourth-order valence-electron chi connectivity index (χ4n) is 1.88. The minimum Gasteiger partial charge on any atom is -0.367 e. The fourth-order valence-corrected chi connectivity index (χ4v) is 5.29. The highest BCUT2D eigenvalue weighted by molar-refractivity contribution is 9.10. The van der Waals surface area contributed by atoms with Gasteiger partial charge in [0.2, 0.25) is 0 Å². The summed E-state index contributed by atoms with van der Waals surface area (Å²) < 4.78 is 24.4. The topological polar surface area (TPSA) is 46.2 Å². The van der Waals surface area contributed by atoms with Crippen molar-refractivity contribution < 1.29 is 8.42 Å². The first-order valence-corrected chi connectivity index (χ1v) is 9.84. The average Bonchev–Trinajstić information content (AvgIpc) is 2.67. The fraction of sp³-hybridized carbons (Fsp3) is 0.417. The molecule has 1 aliphatic heterocycles. The molecular formula is C12H14BrNO2S3. The second-order valence-corrected chi connectivity index (χ2v) is 9.15. The molecule has 0 radical (unpaired) electrons. The van der Waals surface area contributed by atoms with Gasteiger partial charge in [-0.2, -0.15) is 0 Å². The maximum absolute atomic E-state index is 11.4. The summed E-state index contributed by atoms with van der Waals surface area (Å²) in [6.45, 7) is 0. The van der Waals surface area contributed by atoms with Gasteiger partial charge in [-0.15, -0.1) is 0 Å². The molecule has 0 aromatic heterocycles. The summed E-state index contributed by atoms with van der Waals surface area (Å²) in [6.07, 6.45) is 0.651. The van der Waals surface area contributed by atoms with E-state index in [4.69, 9.17) is 12.2 Å². The molecule has 1 aromatic rings. The summed E-state index contributed by atoms with van der Waals surface area (Å²) in [4.78, 5) is 0. The Balaban J connectivity index is 1.81. The van der Waals surface area contributed by atoms with E-state index in [9.17, 15) is 8.42 Å². The molecule has 1 aromatic carbocycles. The SMILES string of the molecule is O=S1(=O)CCC(NC(=S)SCc2ccccc2Br)C1. The van der Waals surface area contributed by atoms with Gasteiger partial charge >= 0.3 is 0 Å². The van der Waals surface area contributed by atoms with E-state index >= 15 is 0 Å². The van der Waals surface area contributed by atoms with Crippen LogP contribution in [0, 0.1) is 0 Å². The van der Waals surface area contributed by atoms with E-state index in [-0.39, 0.29) is 17.5 Å². The zero-order valence-corrected chi connectivity index (χ0v) is 14.2. The maximum Gasteiger partial charge on any atom is 0.152 e. The average molecular weight is 380 g/mol. The lowest BCUT2D eigenvalue weighted by atomic mass is 10.2. The predicted molar refractivity (Wildman–Crippen MR) is 88.2 cm³/mol. The molecule has 1 aliphatic rings. The Labute approximate surface area is 131 Å². The lowest BCUT2D eigenvalue weighted by Gasteiger charge is -2.13. The van der Waals surface area contributed by atoms with E-state index < -0.39 is 9.84 Å². The number of hydrogen-bond donors (Lipinski definition) is 1. The number of hydrogen-bond acceptors (Lipinski definition) is 4. The van der Waals surface area contributed by atoms with Crippen LogP contribution in [0.5, 0.6) is 0 Å². The van der Waals surface area contributed by atoms with Crippen LogP contribution >= 0.6 is 39.9 Å². The van der Waals surface area contributed by atoms with Crippen molar-refractivity contribution in [3.63, 3.8) is 0 Å². The zero-order valence-electron chi connectivity index (χ0n) is 10.1. The van der Waals surface area contributed by atoms with Gasteiger partial charge in [0, 0.05) is 16.3 Å². The molecule has 104 valence electrons. The third kappa shape index (κ3) is 4.73. The Bertz CT molecular complexity index is 574. The van der Waals surface area contributed by atoms with Gasteiger partial charge < -0.3 is 5.32 Å². The van der Waals surface area contributed by atoms with Crippen molar-refractivity contribution in [3.8, 4) is 0 Å². The van der Waals surface area contributed by atoms with Crippen LogP contribution in [-0.2, 0) is 15.6 Å². The van der Waals surface area contributed by atoms with E-state index in [0.717, 1.165) is 10.2 Å². The molecule has 2 rings (SSSR count). The number of halogens is 1. The standard InChI is InChI=1S/C12H14BrNO2S3/c13-11-4-2-1-3-9(11)7-18-12(17)14-10-5-6-19(15,16)8-10/h1-4,10H,5-8H2,(H,14,17). The molecule has 1 unspecified atom stereocenters. The normalized spacial score (nSPS) is 21.2. The highest BCUT2D eigenvalue weighted by Crippen LogP contribution is 2.22. The summed E-state index contributed by atoms with van der Waals surface area (Å²) in [5.74, 6) is 1.23.